The SMILES string of the molecule is Cc1ccc(-n2nc(C3CCC(S(C)(=O)=O)CC3)cc2NC(=O)c2cnn3cccnc23)nc1. The Kier molecular flexibility index (Phi) is 5.64. The molecule has 4 aromatic heterocycles. The predicted molar refractivity (Wildman–Crippen MR) is 127 cm³/mol. The minimum atomic E-state index is -3.05. The standard InChI is InChI=1S/C23H25N7O3S/c1-15-4-9-20(25-13-15)30-21(27-23(31)18-14-26-29-11-3-10-24-22(18)29)12-19(28-30)16-5-7-17(8-6-16)34(2,32)33/h3-4,9-14,16-17H,5-8H2,1-2H3,(H,27,31). The van der Waals surface area contributed by atoms with Gasteiger partial charge in [0.25, 0.3) is 5.91 Å². The molecule has 0 spiro atoms. The number of rotatable bonds is 5. The quantitative estimate of drug-likeness (QED) is 0.467. The van der Waals surface area contributed by atoms with Crippen LogP contribution in [0.3, 0.4) is 0 Å². The molecule has 0 aromatic carbocycles. The second-order valence-corrected chi connectivity index (χ2v) is 11.1. The van der Waals surface area contributed by atoms with E-state index >= 15 is 0 Å². The minimum Gasteiger partial charge on any atom is -0.306 e. The summed E-state index contributed by atoms with van der Waals surface area (Å²) in [7, 11) is -3.05. The largest absolute Gasteiger partial charge is 0.306 e. The molecule has 4 heterocycles. The zero-order valence-electron chi connectivity index (χ0n) is 18.9. The number of amides is 1. The Hall–Kier alpha value is -3.60. The second-order valence-electron chi connectivity index (χ2n) is 8.76. The molecule has 5 rings (SSSR count). The van der Waals surface area contributed by atoms with Gasteiger partial charge in [0.1, 0.15) is 21.2 Å². The highest BCUT2D eigenvalue weighted by Crippen LogP contribution is 2.36. The molecule has 1 saturated carbocycles. The molecular weight excluding hydrogens is 454 g/mol. The van der Waals surface area contributed by atoms with E-state index in [0.29, 0.717) is 35.7 Å². The monoisotopic (exact) mass is 479 g/mol. The van der Waals surface area contributed by atoms with Gasteiger partial charge in [-0.15, -0.1) is 0 Å². The van der Waals surface area contributed by atoms with Gasteiger partial charge < -0.3 is 5.32 Å². The fourth-order valence-corrected chi connectivity index (χ4v) is 5.53. The summed E-state index contributed by atoms with van der Waals surface area (Å²) in [5.41, 5.74) is 2.63. The molecule has 0 radical (unpaired) electrons. The lowest BCUT2D eigenvalue weighted by Crippen LogP contribution is -2.25. The van der Waals surface area contributed by atoms with Crippen LogP contribution < -0.4 is 5.32 Å². The van der Waals surface area contributed by atoms with Crippen LogP contribution in [0.4, 0.5) is 5.82 Å². The Labute approximate surface area is 197 Å². The van der Waals surface area contributed by atoms with Crippen molar-refractivity contribution in [1.29, 1.82) is 0 Å². The summed E-state index contributed by atoms with van der Waals surface area (Å²) >= 11 is 0. The van der Waals surface area contributed by atoms with Crippen molar-refractivity contribution in [2.45, 2.75) is 43.8 Å². The van der Waals surface area contributed by atoms with Gasteiger partial charge >= 0.3 is 0 Å². The summed E-state index contributed by atoms with van der Waals surface area (Å²) < 4.78 is 27.0. The predicted octanol–water partition coefficient (Wildman–Crippen LogP) is 2.94. The third-order valence-electron chi connectivity index (χ3n) is 6.30. The number of aromatic nitrogens is 6. The Morgan fingerprint density at radius 3 is 2.62 bits per heavy atom. The summed E-state index contributed by atoms with van der Waals surface area (Å²) in [6, 6.07) is 7.37. The first kappa shape index (κ1) is 22.2. The molecule has 0 atom stereocenters. The van der Waals surface area contributed by atoms with Crippen molar-refractivity contribution in [3.8, 4) is 5.82 Å². The normalized spacial score (nSPS) is 18.8. The lowest BCUT2D eigenvalue weighted by molar-refractivity contribution is 0.102. The molecule has 1 amide bonds. The molecule has 0 aliphatic heterocycles. The summed E-state index contributed by atoms with van der Waals surface area (Å²) in [4.78, 5) is 21.9. The van der Waals surface area contributed by atoms with E-state index in [1.807, 2.05) is 25.1 Å². The summed E-state index contributed by atoms with van der Waals surface area (Å²) in [6.45, 7) is 1.95. The van der Waals surface area contributed by atoms with Gasteiger partial charge in [0, 0.05) is 36.8 Å². The number of pyridine rings is 1. The third-order valence-corrected chi connectivity index (χ3v) is 7.99. The van der Waals surface area contributed by atoms with Gasteiger partial charge in [0.05, 0.1) is 17.1 Å². The van der Waals surface area contributed by atoms with Gasteiger partial charge in [-0.3, -0.25) is 4.79 Å². The van der Waals surface area contributed by atoms with E-state index in [4.69, 9.17) is 5.10 Å². The highest BCUT2D eigenvalue weighted by Gasteiger charge is 2.30. The number of sulfone groups is 1. The van der Waals surface area contributed by atoms with Crippen LogP contribution in [0.2, 0.25) is 0 Å². The van der Waals surface area contributed by atoms with E-state index in [1.165, 1.54) is 12.5 Å². The van der Waals surface area contributed by atoms with Gasteiger partial charge in [-0.2, -0.15) is 14.9 Å². The molecule has 176 valence electrons. The molecule has 4 aromatic rings. The van der Waals surface area contributed by atoms with Crippen LogP contribution in [-0.2, 0) is 9.84 Å². The first-order chi connectivity index (χ1) is 16.3. The lowest BCUT2D eigenvalue weighted by atomic mass is 9.87. The van der Waals surface area contributed by atoms with Crippen molar-refractivity contribution in [3.63, 3.8) is 0 Å². The minimum absolute atomic E-state index is 0.110. The van der Waals surface area contributed by atoms with Crippen molar-refractivity contribution >= 4 is 27.2 Å². The molecule has 1 aliphatic carbocycles. The van der Waals surface area contributed by atoms with Gasteiger partial charge in [-0.25, -0.2) is 22.9 Å². The zero-order chi connectivity index (χ0) is 23.9. The maximum atomic E-state index is 13.1. The number of carbonyl (C=O) groups is 1. The number of nitrogens with zero attached hydrogens (tertiary/aromatic N) is 6. The molecule has 11 heteroatoms. The number of fused-ring (bicyclic) bond motifs is 1. The van der Waals surface area contributed by atoms with Crippen LogP contribution in [0.25, 0.3) is 11.5 Å². The van der Waals surface area contributed by atoms with Crippen molar-refractivity contribution < 1.29 is 13.2 Å². The average molecular weight is 480 g/mol. The molecule has 10 nitrogen and oxygen atoms in total. The van der Waals surface area contributed by atoms with Crippen LogP contribution in [0.5, 0.6) is 0 Å². The molecule has 34 heavy (non-hydrogen) atoms. The lowest BCUT2D eigenvalue weighted by Gasteiger charge is -2.26. The molecule has 0 saturated heterocycles. The zero-order valence-corrected chi connectivity index (χ0v) is 19.7. The number of nitrogens with one attached hydrogen (secondary N) is 1. The second kappa shape index (κ2) is 8.64. The van der Waals surface area contributed by atoms with Gasteiger partial charge in [0.2, 0.25) is 0 Å². The fraction of sp³-hybridized carbons (Fsp3) is 0.348. The van der Waals surface area contributed by atoms with Gasteiger partial charge in [-0.1, -0.05) is 6.07 Å². The van der Waals surface area contributed by atoms with Crippen LogP contribution in [0.1, 0.15) is 53.2 Å². The average Bonchev–Trinajstić information content (AvgIpc) is 3.44. The van der Waals surface area contributed by atoms with E-state index in [1.54, 1.807) is 33.9 Å². The highest BCUT2D eigenvalue weighted by atomic mass is 32.2. The van der Waals surface area contributed by atoms with E-state index in [-0.39, 0.29) is 17.1 Å². The Morgan fingerprint density at radius 1 is 1.12 bits per heavy atom. The van der Waals surface area contributed by atoms with E-state index in [9.17, 15) is 13.2 Å². The van der Waals surface area contributed by atoms with Crippen LogP contribution in [0.15, 0.2) is 49.1 Å². The maximum Gasteiger partial charge on any atom is 0.262 e. The van der Waals surface area contributed by atoms with Crippen LogP contribution in [-0.4, -0.2) is 55.2 Å². The fourth-order valence-electron chi connectivity index (χ4n) is 4.41. The van der Waals surface area contributed by atoms with Crippen LogP contribution >= 0.6 is 0 Å². The molecule has 0 unspecified atom stereocenters. The first-order valence-electron chi connectivity index (χ1n) is 11.1. The Bertz CT molecular complexity index is 1450. The van der Waals surface area contributed by atoms with E-state index in [0.717, 1.165) is 24.1 Å². The third kappa shape index (κ3) is 4.30. The Morgan fingerprint density at radius 2 is 1.91 bits per heavy atom. The van der Waals surface area contributed by atoms with Crippen molar-refractivity contribution in [1.82, 2.24) is 29.4 Å². The number of anilines is 1. The molecular formula is C23H25N7O3S. The van der Waals surface area contributed by atoms with Crippen molar-refractivity contribution in [2.75, 3.05) is 11.6 Å². The van der Waals surface area contributed by atoms with E-state index < -0.39 is 9.84 Å². The number of hydrogen-bond donors (Lipinski definition) is 1. The molecule has 1 N–H and O–H groups in total. The smallest absolute Gasteiger partial charge is 0.262 e. The van der Waals surface area contributed by atoms with Gasteiger partial charge in [-0.05, 0) is 50.3 Å². The molecule has 1 fully saturated rings. The van der Waals surface area contributed by atoms with Gasteiger partial charge in [0.15, 0.2) is 11.5 Å². The van der Waals surface area contributed by atoms with Crippen molar-refractivity contribution in [3.05, 3.63) is 65.9 Å². The van der Waals surface area contributed by atoms with E-state index in [2.05, 4.69) is 20.4 Å². The summed E-state index contributed by atoms with van der Waals surface area (Å²) in [5.74, 6) is 0.820. The summed E-state index contributed by atoms with van der Waals surface area (Å²) in [6.07, 6.45) is 10.5. The number of carbonyl (C=O) groups excluding carboxylic acids is 1. The molecule has 1 aliphatic rings. The highest BCUT2D eigenvalue weighted by molar-refractivity contribution is 7.91. The first-order valence-corrected chi connectivity index (χ1v) is 13.1. The topological polar surface area (TPSA) is 124 Å². The maximum absolute atomic E-state index is 13.1. The summed E-state index contributed by atoms with van der Waals surface area (Å²) in [5, 5.41) is 11.6. The van der Waals surface area contributed by atoms with Crippen molar-refractivity contribution in [2.24, 2.45) is 0 Å². The number of hydrogen-bond acceptors (Lipinski definition) is 7. The van der Waals surface area contributed by atoms with Crippen LogP contribution in [0, 0.1) is 6.92 Å². The Balaban J connectivity index is 1.46. The molecule has 0 bridgehead atoms. The number of aryl methyl sites for hydroxylation is 1.